The van der Waals surface area contributed by atoms with Crippen molar-refractivity contribution in [3.05, 3.63) is 51.5 Å². The Morgan fingerprint density at radius 2 is 1.54 bits per heavy atom. The second-order valence-electron chi connectivity index (χ2n) is 4.72. The van der Waals surface area contributed by atoms with Crippen LogP contribution < -0.4 is 14.2 Å². The summed E-state index contributed by atoms with van der Waals surface area (Å²) < 4.78 is 20.9. The number of rotatable bonds is 6. The Balaban J connectivity index is 2.22. The zero-order chi connectivity index (χ0) is 17.7. The van der Waals surface area contributed by atoms with Crippen molar-refractivity contribution in [2.75, 3.05) is 21.3 Å². The van der Waals surface area contributed by atoms with Crippen LogP contribution in [0.15, 0.2) is 30.3 Å². The maximum absolute atomic E-state index is 12.4. The Kier molecular flexibility index (Phi) is 6.17. The van der Waals surface area contributed by atoms with E-state index in [4.69, 9.17) is 42.1 Å². The van der Waals surface area contributed by atoms with E-state index < -0.39 is 5.97 Å². The zero-order valence-electron chi connectivity index (χ0n) is 13.4. The summed E-state index contributed by atoms with van der Waals surface area (Å²) in [5.41, 5.74) is 0.870. The first kappa shape index (κ1) is 18.2. The number of hydrogen-bond acceptors (Lipinski definition) is 5. The third-order valence-corrected chi connectivity index (χ3v) is 3.89. The highest BCUT2D eigenvalue weighted by atomic mass is 35.5. The number of carbonyl (C=O) groups is 1. The fourth-order valence-electron chi connectivity index (χ4n) is 2.05. The van der Waals surface area contributed by atoms with E-state index in [1.54, 1.807) is 24.3 Å². The number of halogens is 2. The molecule has 0 amide bonds. The summed E-state index contributed by atoms with van der Waals surface area (Å²) in [6, 6.07) is 8.02. The van der Waals surface area contributed by atoms with Crippen LogP contribution in [0.25, 0.3) is 0 Å². The number of methoxy groups -OCH3 is 3. The van der Waals surface area contributed by atoms with Gasteiger partial charge in [0.05, 0.1) is 21.3 Å². The van der Waals surface area contributed by atoms with Crippen LogP contribution in [0.2, 0.25) is 10.0 Å². The average Bonchev–Trinajstić information content (AvgIpc) is 2.59. The maximum atomic E-state index is 12.4. The van der Waals surface area contributed by atoms with Gasteiger partial charge in [-0.2, -0.15) is 0 Å². The normalized spacial score (nSPS) is 10.2. The van der Waals surface area contributed by atoms with Crippen molar-refractivity contribution in [2.45, 2.75) is 6.61 Å². The van der Waals surface area contributed by atoms with Gasteiger partial charge in [-0.25, -0.2) is 4.79 Å². The summed E-state index contributed by atoms with van der Waals surface area (Å²) in [6.45, 7) is 0.00628. The number of hydrogen-bond donors (Lipinski definition) is 0. The quantitative estimate of drug-likeness (QED) is 0.706. The number of carbonyl (C=O) groups excluding carboxylic acids is 1. The molecule has 0 saturated carbocycles. The fraction of sp³-hybridized carbons (Fsp3) is 0.235. The summed E-state index contributed by atoms with van der Waals surface area (Å²) in [5, 5.41) is 0.936. The van der Waals surface area contributed by atoms with Crippen molar-refractivity contribution >= 4 is 29.2 Å². The Morgan fingerprint density at radius 3 is 2.12 bits per heavy atom. The smallest absolute Gasteiger partial charge is 0.342 e. The average molecular weight is 371 g/mol. The van der Waals surface area contributed by atoms with E-state index >= 15 is 0 Å². The van der Waals surface area contributed by atoms with E-state index in [0.717, 1.165) is 0 Å². The molecule has 0 spiro atoms. The van der Waals surface area contributed by atoms with Crippen LogP contribution in [-0.4, -0.2) is 27.3 Å². The van der Waals surface area contributed by atoms with Gasteiger partial charge >= 0.3 is 5.97 Å². The molecule has 0 N–H and O–H groups in total. The summed E-state index contributed by atoms with van der Waals surface area (Å²) in [7, 11) is 4.43. The van der Waals surface area contributed by atoms with Gasteiger partial charge in [0.15, 0.2) is 11.5 Å². The Morgan fingerprint density at radius 1 is 0.917 bits per heavy atom. The predicted molar refractivity (Wildman–Crippen MR) is 91.7 cm³/mol. The molecule has 2 aromatic carbocycles. The summed E-state index contributed by atoms with van der Waals surface area (Å²) in [6.07, 6.45) is 0. The van der Waals surface area contributed by atoms with Gasteiger partial charge in [0, 0.05) is 27.7 Å². The van der Waals surface area contributed by atoms with Crippen LogP contribution in [0.4, 0.5) is 0 Å². The van der Waals surface area contributed by atoms with Gasteiger partial charge in [0.1, 0.15) is 17.9 Å². The molecule has 0 unspecified atom stereocenters. The van der Waals surface area contributed by atoms with E-state index in [1.807, 2.05) is 0 Å². The molecular weight excluding hydrogens is 355 g/mol. The molecule has 0 radical (unpaired) electrons. The van der Waals surface area contributed by atoms with E-state index in [-0.39, 0.29) is 12.2 Å². The highest BCUT2D eigenvalue weighted by Crippen LogP contribution is 2.35. The molecule has 7 heteroatoms. The van der Waals surface area contributed by atoms with E-state index in [2.05, 4.69) is 0 Å². The number of benzene rings is 2. The summed E-state index contributed by atoms with van der Waals surface area (Å²) >= 11 is 11.9. The lowest BCUT2D eigenvalue weighted by Crippen LogP contribution is -2.08. The molecule has 128 valence electrons. The molecule has 24 heavy (non-hydrogen) atoms. The van der Waals surface area contributed by atoms with Crippen LogP contribution in [0.3, 0.4) is 0 Å². The molecule has 0 aliphatic rings. The van der Waals surface area contributed by atoms with Crippen LogP contribution in [0.1, 0.15) is 15.9 Å². The van der Waals surface area contributed by atoms with E-state index in [0.29, 0.717) is 32.9 Å². The fourth-order valence-corrected chi connectivity index (χ4v) is 2.51. The topological polar surface area (TPSA) is 54.0 Å². The number of ether oxygens (including phenoxy) is 4. The molecule has 0 aliphatic heterocycles. The zero-order valence-corrected chi connectivity index (χ0v) is 14.9. The SMILES string of the molecule is COc1cc(OC)c(C(=O)OCc2ccc(Cl)cc2Cl)cc1OC. The standard InChI is InChI=1S/C17H16Cl2O5/c1-21-14-8-16(23-3)15(22-2)7-12(14)17(20)24-9-10-4-5-11(18)6-13(10)19/h4-8H,9H2,1-3H3. The second-order valence-corrected chi connectivity index (χ2v) is 5.56. The second kappa shape index (κ2) is 8.13. The maximum Gasteiger partial charge on any atom is 0.342 e. The van der Waals surface area contributed by atoms with Crippen molar-refractivity contribution in [2.24, 2.45) is 0 Å². The first-order valence-electron chi connectivity index (χ1n) is 6.91. The lowest BCUT2D eigenvalue weighted by atomic mass is 10.1. The summed E-state index contributed by atoms with van der Waals surface area (Å²) in [5.74, 6) is 0.597. The molecule has 0 aromatic heterocycles. The van der Waals surface area contributed by atoms with Crippen LogP contribution in [-0.2, 0) is 11.3 Å². The van der Waals surface area contributed by atoms with Gasteiger partial charge in [-0.05, 0) is 12.1 Å². The first-order valence-corrected chi connectivity index (χ1v) is 7.66. The highest BCUT2D eigenvalue weighted by Gasteiger charge is 2.19. The summed E-state index contributed by atoms with van der Waals surface area (Å²) in [4.78, 5) is 12.4. The molecule has 0 bridgehead atoms. The van der Waals surface area contributed by atoms with Gasteiger partial charge < -0.3 is 18.9 Å². The van der Waals surface area contributed by atoms with Gasteiger partial charge in [0.2, 0.25) is 0 Å². The monoisotopic (exact) mass is 370 g/mol. The van der Waals surface area contributed by atoms with Gasteiger partial charge in [-0.15, -0.1) is 0 Å². The molecule has 0 aliphatic carbocycles. The van der Waals surface area contributed by atoms with Crippen LogP contribution in [0.5, 0.6) is 17.2 Å². The molecule has 0 saturated heterocycles. The third-order valence-electron chi connectivity index (χ3n) is 3.30. The van der Waals surface area contributed by atoms with Crippen molar-refractivity contribution < 1.29 is 23.7 Å². The largest absolute Gasteiger partial charge is 0.496 e. The van der Waals surface area contributed by atoms with E-state index in [1.165, 1.54) is 27.4 Å². The number of esters is 1. The third kappa shape index (κ3) is 4.04. The molecule has 0 fully saturated rings. The predicted octanol–water partition coefficient (Wildman–Crippen LogP) is 4.38. The lowest BCUT2D eigenvalue weighted by Gasteiger charge is -2.14. The Bertz CT molecular complexity index is 746. The van der Waals surface area contributed by atoms with Gasteiger partial charge in [-0.3, -0.25) is 0 Å². The molecule has 0 heterocycles. The van der Waals surface area contributed by atoms with Crippen molar-refractivity contribution in [3.8, 4) is 17.2 Å². The Labute approximate surface area is 150 Å². The van der Waals surface area contributed by atoms with Gasteiger partial charge in [0.25, 0.3) is 0 Å². The van der Waals surface area contributed by atoms with Crippen LogP contribution in [0, 0.1) is 0 Å². The molecular formula is C17H16Cl2O5. The van der Waals surface area contributed by atoms with E-state index in [9.17, 15) is 4.79 Å². The molecule has 5 nitrogen and oxygen atoms in total. The minimum Gasteiger partial charge on any atom is -0.496 e. The Hall–Kier alpha value is -2.11. The van der Waals surface area contributed by atoms with Crippen molar-refractivity contribution in [1.29, 1.82) is 0 Å². The first-order chi connectivity index (χ1) is 11.5. The van der Waals surface area contributed by atoms with Gasteiger partial charge in [-0.1, -0.05) is 29.3 Å². The van der Waals surface area contributed by atoms with Crippen molar-refractivity contribution in [3.63, 3.8) is 0 Å². The minimum absolute atomic E-state index is 0.00628. The highest BCUT2D eigenvalue weighted by molar-refractivity contribution is 6.35. The molecule has 0 atom stereocenters. The minimum atomic E-state index is -0.571. The van der Waals surface area contributed by atoms with Crippen molar-refractivity contribution in [1.82, 2.24) is 0 Å². The molecule has 2 rings (SSSR count). The van der Waals surface area contributed by atoms with Crippen LogP contribution >= 0.6 is 23.2 Å². The molecule has 2 aromatic rings. The lowest BCUT2D eigenvalue weighted by molar-refractivity contribution is 0.0468.